The van der Waals surface area contributed by atoms with Crippen molar-refractivity contribution >= 4 is 22.2 Å². The van der Waals surface area contributed by atoms with E-state index in [1.165, 1.54) is 11.3 Å². The molecule has 1 amide bonds. The summed E-state index contributed by atoms with van der Waals surface area (Å²) in [5.41, 5.74) is 2.39. The number of nitriles is 1. The highest BCUT2D eigenvalue weighted by Gasteiger charge is 2.28. The summed E-state index contributed by atoms with van der Waals surface area (Å²) in [4.78, 5) is 19.4. The fourth-order valence-corrected chi connectivity index (χ4v) is 5.05. The van der Waals surface area contributed by atoms with Gasteiger partial charge in [-0.25, -0.2) is 4.90 Å². The summed E-state index contributed by atoms with van der Waals surface area (Å²) in [6.07, 6.45) is 5.72. The van der Waals surface area contributed by atoms with Gasteiger partial charge in [-0.1, -0.05) is 6.07 Å². The first-order valence-electron chi connectivity index (χ1n) is 10.7. The van der Waals surface area contributed by atoms with Gasteiger partial charge in [0.05, 0.1) is 24.5 Å². The maximum atomic E-state index is 12.4. The van der Waals surface area contributed by atoms with Gasteiger partial charge in [-0.3, -0.25) is 9.78 Å². The predicted octanol–water partition coefficient (Wildman–Crippen LogP) is 2.93. The second-order valence-electron chi connectivity index (χ2n) is 7.66. The van der Waals surface area contributed by atoms with E-state index in [0.29, 0.717) is 62.6 Å². The lowest BCUT2D eigenvalue weighted by Crippen LogP contribution is -2.40. The number of anilines is 1. The Bertz CT molecular complexity index is 1010. The molecule has 0 aliphatic carbocycles. The number of nitrogens with zero attached hydrogens (tertiary/aromatic N) is 3. The second kappa shape index (κ2) is 10.7. The highest BCUT2D eigenvalue weighted by Crippen LogP contribution is 2.37. The molecule has 1 atom stereocenters. The van der Waals surface area contributed by atoms with Crippen LogP contribution in [0, 0.1) is 11.3 Å². The van der Waals surface area contributed by atoms with E-state index in [4.69, 9.17) is 9.47 Å². The fourth-order valence-electron chi connectivity index (χ4n) is 3.81. The molecule has 1 unspecified atom stereocenters. The van der Waals surface area contributed by atoms with E-state index in [1.54, 1.807) is 6.20 Å². The lowest BCUT2D eigenvalue weighted by molar-refractivity contribution is -0.197. The quantitative estimate of drug-likeness (QED) is 0.561. The van der Waals surface area contributed by atoms with Crippen LogP contribution in [0.5, 0.6) is 0 Å². The third-order valence-electron chi connectivity index (χ3n) is 5.49. The van der Waals surface area contributed by atoms with Crippen molar-refractivity contribution < 1.29 is 19.4 Å². The van der Waals surface area contributed by atoms with Gasteiger partial charge < -0.3 is 19.9 Å². The largest absolute Gasteiger partial charge is 0.498 e. The molecule has 4 heterocycles. The normalized spacial score (nSPS) is 16.6. The number of hydrogen-bond donors (Lipinski definition) is 2. The third-order valence-corrected chi connectivity index (χ3v) is 6.62. The number of aliphatic hydroxyl groups excluding tert-OH is 1. The van der Waals surface area contributed by atoms with Gasteiger partial charge in [0.1, 0.15) is 11.1 Å². The smallest absolute Gasteiger partial charge is 0.225 e. The van der Waals surface area contributed by atoms with Crippen LogP contribution in [0.4, 0.5) is 5.00 Å². The number of amides is 1. The van der Waals surface area contributed by atoms with Crippen LogP contribution in [-0.2, 0) is 33.7 Å². The van der Waals surface area contributed by atoms with Gasteiger partial charge in [0, 0.05) is 55.5 Å². The molecule has 9 heteroatoms. The van der Waals surface area contributed by atoms with Crippen molar-refractivity contribution in [3.63, 3.8) is 0 Å². The molecule has 2 aromatic heterocycles. The number of nitrogens with one attached hydrogen (secondary N) is 1. The fraction of sp³-hybridized carbons (Fsp3) is 0.435. The number of thiophene rings is 1. The Hall–Kier alpha value is -2.77. The molecule has 0 radical (unpaired) electrons. The molecule has 2 aliphatic rings. The lowest BCUT2D eigenvalue weighted by atomic mass is 10.0. The Balaban J connectivity index is 1.32. The lowest BCUT2D eigenvalue weighted by Gasteiger charge is -2.30. The number of aliphatic hydroxyl groups is 1. The molecule has 2 aliphatic heterocycles. The summed E-state index contributed by atoms with van der Waals surface area (Å²) >= 11 is 1.40. The Morgan fingerprint density at radius 2 is 2.34 bits per heavy atom. The number of ether oxygens (including phenoxy) is 2. The molecule has 2 aromatic rings. The van der Waals surface area contributed by atoms with E-state index in [1.807, 2.05) is 29.2 Å². The van der Waals surface area contributed by atoms with Crippen molar-refractivity contribution in [3.8, 4) is 6.07 Å². The molecule has 0 spiro atoms. The van der Waals surface area contributed by atoms with Gasteiger partial charge in [-0.05, 0) is 30.2 Å². The zero-order valence-corrected chi connectivity index (χ0v) is 18.6. The molecule has 32 heavy (non-hydrogen) atoms. The summed E-state index contributed by atoms with van der Waals surface area (Å²) < 4.78 is 11.0. The van der Waals surface area contributed by atoms with Crippen LogP contribution in [0.3, 0.4) is 0 Å². The first-order chi connectivity index (χ1) is 15.6. The predicted molar refractivity (Wildman–Crippen MR) is 120 cm³/mol. The highest BCUT2D eigenvalue weighted by molar-refractivity contribution is 7.16. The number of aromatic nitrogens is 1. The van der Waals surface area contributed by atoms with Crippen LogP contribution < -0.4 is 5.32 Å². The van der Waals surface area contributed by atoms with Crippen LogP contribution in [-0.4, -0.2) is 47.1 Å². The summed E-state index contributed by atoms with van der Waals surface area (Å²) in [5, 5.41) is 23.6. The SMILES string of the molecule is N#Cc1c(NC(=O)CCC2=CCCO2)sc2c1CCN(C(O)OCCc1ccccn1)C2. The van der Waals surface area contributed by atoms with E-state index in [9.17, 15) is 15.2 Å². The van der Waals surface area contributed by atoms with Gasteiger partial charge in [0.2, 0.25) is 12.3 Å². The second-order valence-corrected chi connectivity index (χ2v) is 8.77. The van der Waals surface area contributed by atoms with E-state index < -0.39 is 6.41 Å². The van der Waals surface area contributed by atoms with Crippen molar-refractivity contribution in [3.05, 3.63) is 57.9 Å². The minimum atomic E-state index is -1.03. The summed E-state index contributed by atoms with van der Waals surface area (Å²) in [6.45, 7) is 2.08. The number of carbonyl (C=O) groups excluding carboxylic acids is 1. The third kappa shape index (κ3) is 5.53. The minimum Gasteiger partial charge on any atom is -0.498 e. The van der Waals surface area contributed by atoms with E-state index in [-0.39, 0.29) is 5.91 Å². The van der Waals surface area contributed by atoms with Gasteiger partial charge >= 0.3 is 0 Å². The van der Waals surface area contributed by atoms with E-state index >= 15 is 0 Å². The number of rotatable bonds is 9. The monoisotopic (exact) mass is 454 g/mol. The molecule has 2 N–H and O–H groups in total. The molecule has 8 nitrogen and oxygen atoms in total. The van der Waals surface area contributed by atoms with E-state index in [2.05, 4.69) is 16.4 Å². The van der Waals surface area contributed by atoms with Crippen molar-refractivity contribution in [2.75, 3.05) is 25.1 Å². The maximum absolute atomic E-state index is 12.4. The van der Waals surface area contributed by atoms with Crippen molar-refractivity contribution in [2.24, 2.45) is 0 Å². The molecule has 168 valence electrons. The Morgan fingerprint density at radius 1 is 1.44 bits per heavy atom. The minimum absolute atomic E-state index is 0.133. The molecule has 0 bridgehead atoms. The van der Waals surface area contributed by atoms with Crippen molar-refractivity contribution in [1.29, 1.82) is 5.26 Å². The van der Waals surface area contributed by atoms with Crippen LogP contribution in [0.15, 0.2) is 36.2 Å². The molecular weight excluding hydrogens is 428 g/mol. The molecule has 0 saturated carbocycles. The van der Waals surface area contributed by atoms with Crippen LogP contribution in [0.25, 0.3) is 0 Å². The van der Waals surface area contributed by atoms with Crippen LogP contribution in [0.1, 0.15) is 41.0 Å². The number of hydrogen-bond acceptors (Lipinski definition) is 8. The first-order valence-corrected chi connectivity index (χ1v) is 11.6. The zero-order valence-electron chi connectivity index (χ0n) is 17.7. The average molecular weight is 455 g/mol. The standard InChI is InChI=1S/C23H26N4O4S/c24-14-19-18-8-11-27(23(29)31-13-9-16-4-1-2-10-25-16)15-20(18)32-22(19)26-21(28)7-6-17-5-3-12-30-17/h1-2,4-5,10,23,29H,3,6-9,11-13,15H2,(H,26,28). The van der Waals surface area contributed by atoms with Gasteiger partial charge in [-0.2, -0.15) is 5.26 Å². The molecular formula is C23H26N4O4S. The first kappa shape index (κ1) is 22.4. The molecule has 4 rings (SSSR count). The van der Waals surface area contributed by atoms with Crippen molar-refractivity contribution in [2.45, 2.75) is 45.1 Å². The van der Waals surface area contributed by atoms with Gasteiger partial charge in [0.25, 0.3) is 0 Å². The maximum Gasteiger partial charge on any atom is 0.225 e. The summed E-state index contributed by atoms with van der Waals surface area (Å²) in [5.74, 6) is 0.727. The molecule has 0 fully saturated rings. The Morgan fingerprint density at radius 3 is 3.09 bits per heavy atom. The van der Waals surface area contributed by atoms with Crippen molar-refractivity contribution in [1.82, 2.24) is 9.88 Å². The Labute approximate surface area is 191 Å². The van der Waals surface area contributed by atoms with Gasteiger partial charge in [0.15, 0.2) is 0 Å². The number of allylic oxidation sites excluding steroid dienone is 1. The molecule has 0 aromatic carbocycles. The summed E-state index contributed by atoms with van der Waals surface area (Å²) in [6, 6.07) is 7.95. The highest BCUT2D eigenvalue weighted by atomic mass is 32.1. The average Bonchev–Trinajstić information content (AvgIpc) is 3.45. The number of carbonyl (C=O) groups is 1. The molecule has 0 saturated heterocycles. The number of pyridine rings is 1. The van der Waals surface area contributed by atoms with Gasteiger partial charge in [-0.15, -0.1) is 11.3 Å². The Kier molecular flexibility index (Phi) is 7.50. The van der Waals surface area contributed by atoms with E-state index in [0.717, 1.165) is 28.3 Å². The topological polar surface area (TPSA) is 108 Å². The summed E-state index contributed by atoms with van der Waals surface area (Å²) in [7, 11) is 0. The number of fused-ring (bicyclic) bond motifs is 1. The van der Waals surface area contributed by atoms with Crippen LogP contribution >= 0.6 is 11.3 Å². The zero-order chi connectivity index (χ0) is 22.3. The van der Waals surface area contributed by atoms with Crippen LogP contribution in [0.2, 0.25) is 0 Å².